The van der Waals surface area contributed by atoms with Crippen LogP contribution in [0.15, 0.2) is 78.9 Å². The van der Waals surface area contributed by atoms with Crippen molar-refractivity contribution in [3.63, 3.8) is 0 Å². The van der Waals surface area contributed by atoms with Gasteiger partial charge in [0.15, 0.2) is 11.5 Å². The Balaban J connectivity index is 1.80. The second kappa shape index (κ2) is 13.3. The quantitative estimate of drug-likeness (QED) is 0.330. The van der Waals surface area contributed by atoms with Crippen LogP contribution in [0, 0.1) is 0 Å². The molecule has 37 heavy (non-hydrogen) atoms. The Morgan fingerprint density at radius 3 is 1.89 bits per heavy atom. The maximum absolute atomic E-state index is 12.6. The van der Waals surface area contributed by atoms with E-state index in [1.807, 2.05) is 78.9 Å². The molecule has 0 aliphatic carbocycles. The van der Waals surface area contributed by atoms with Gasteiger partial charge >= 0.3 is 12.1 Å². The number of nitrogens with one attached hydrogen (secondary N) is 1. The summed E-state index contributed by atoms with van der Waals surface area (Å²) < 4.78 is 22.7. The second-order valence-electron chi connectivity index (χ2n) is 9.48. The maximum Gasteiger partial charge on any atom is 0.408 e. The van der Waals surface area contributed by atoms with Gasteiger partial charge in [0, 0.05) is 6.42 Å². The molecule has 0 radical (unpaired) electrons. The van der Waals surface area contributed by atoms with Crippen molar-refractivity contribution in [3.05, 3.63) is 95.6 Å². The molecule has 0 heterocycles. The summed E-state index contributed by atoms with van der Waals surface area (Å²) in [6.45, 7) is 7.93. The van der Waals surface area contributed by atoms with Crippen LogP contribution in [0.1, 0.15) is 44.4 Å². The SMILES string of the molecule is CCOC(=O)C(Cc1ccc(OCc2ccccc2)c(OCc2ccccc2)c1)NC(=O)OC(C)(C)C. The minimum absolute atomic E-state index is 0.193. The summed E-state index contributed by atoms with van der Waals surface area (Å²) >= 11 is 0. The molecule has 0 spiro atoms. The van der Waals surface area contributed by atoms with Crippen molar-refractivity contribution >= 4 is 12.1 Å². The number of hydrogen-bond acceptors (Lipinski definition) is 6. The Morgan fingerprint density at radius 2 is 1.35 bits per heavy atom. The van der Waals surface area contributed by atoms with E-state index in [1.165, 1.54) is 0 Å². The lowest BCUT2D eigenvalue weighted by atomic mass is 10.1. The molecule has 1 unspecified atom stereocenters. The van der Waals surface area contributed by atoms with Gasteiger partial charge < -0.3 is 24.3 Å². The van der Waals surface area contributed by atoms with Gasteiger partial charge in [-0.3, -0.25) is 0 Å². The molecule has 0 aromatic heterocycles. The number of alkyl carbamates (subject to hydrolysis) is 1. The van der Waals surface area contributed by atoms with Crippen molar-refractivity contribution in [2.24, 2.45) is 0 Å². The lowest BCUT2D eigenvalue weighted by molar-refractivity contribution is -0.145. The zero-order valence-electron chi connectivity index (χ0n) is 21.9. The summed E-state index contributed by atoms with van der Waals surface area (Å²) in [5.74, 6) is 0.581. The molecule has 0 saturated heterocycles. The predicted octanol–water partition coefficient (Wildman–Crippen LogP) is 5.84. The van der Waals surface area contributed by atoms with Crippen LogP contribution in [0.5, 0.6) is 11.5 Å². The van der Waals surface area contributed by atoms with Gasteiger partial charge in [-0.1, -0.05) is 66.7 Å². The molecule has 3 aromatic carbocycles. The number of rotatable bonds is 11. The molecule has 7 nitrogen and oxygen atoms in total. The Morgan fingerprint density at radius 1 is 0.784 bits per heavy atom. The second-order valence-corrected chi connectivity index (χ2v) is 9.48. The molecular weight excluding hydrogens is 470 g/mol. The van der Waals surface area contributed by atoms with Crippen LogP contribution in [-0.4, -0.2) is 30.3 Å². The fraction of sp³-hybridized carbons (Fsp3) is 0.333. The summed E-state index contributed by atoms with van der Waals surface area (Å²) in [6, 6.07) is 24.2. The van der Waals surface area contributed by atoms with Gasteiger partial charge in [0.25, 0.3) is 0 Å². The van der Waals surface area contributed by atoms with Gasteiger partial charge in [0.2, 0.25) is 0 Å². The average molecular weight is 506 g/mol. The number of hydrogen-bond donors (Lipinski definition) is 1. The predicted molar refractivity (Wildman–Crippen MR) is 141 cm³/mol. The van der Waals surface area contributed by atoms with E-state index in [2.05, 4.69) is 5.32 Å². The summed E-state index contributed by atoms with van der Waals surface area (Å²) in [4.78, 5) is 25.0. The number of carbonyl (C=O) groups is 2. The first-order valence-corrected chi connectivity index (χ1v) is 12.4. The number of carbonyl (C=O) groups excluding carboxylic acids is 2. The summed E-state index contributed by atoms with van der Waals surface area (Å²) in [7, 11) is 0. The van der Waals surface area contributed by atoms with Crippen LogP contribution >= 0.6 is 0 Å². The normalized spacial score (nSPS) is 11.8. The molecular formula is C30H35NO6. The van der Waals surface area contributed by atoms with Crippen molar-refractivity contribution in [2.45, 2.75) is 59.0 Å². The van der Waals surface area contributed by atoms with Gasteiger partial charge in [-0.05, 0) is 56.5 Å². The minimum atomic E-state index is -0.923. The van der Waals surface area contributed by atoms with Crippen molar-refractivity contribution in [2.75, 3.05) is 6.61 Å². The first-order chi connectivity index (χ1) is 17.7. The lowest BCUT2D eigenvalue weighted by Gasteiger charge is -2.23. The molecule has 7 heteroatoms. The first kappa shape index (κ1) is 27.6. The largest absolute Gasteiger partial charge is 0.485 e. The fourth-order valence-corrected chi connectivity index (χ4v) is 3.50. The minimum Gasteiger partial charge on any atom is -0.485 e. The van der Waals surface area contributed by atoms with Crippen molar-refractivity contribution in [3.8, 4) is 11.5 Å². The highest BCUT2D eigenvalue weighted by atomic mass is 16.6. The van der Waals surface area contributed by atoms with Crippen molar-refractivity contribution in [1.29, 1.82) is 0 Å². The first-order valence-electron chi connectivity index (χ1n) is 12.4. The highest BCUT2D eigenvalue weighted by Gasteiger charge is 2.26. The zero-order valence-corrected chi connectivity index (χ0v) is 21.9. The summed E-state index contributed by atoms with van der Waals surface area (Å²) in [6.07, 6.45) is -0.493. The third-order valence-corrected chi connectivity index (χ3v) is 5.18. The van der Waals surface area contributed by atoms with E-state index in [9.17, 15) is 9.59 Å². The maximum atomic E-state index is 12.6. The van der Waals surface area contributed by atoms with E-state index < -0.39 is 23.7 Å². The van der Waals surface area contributed by atoms with Crippen LogP contribution in [0.25, 0.3) is 0 Å². The lowest BCUT2D eigenvalue weighted by Crippen LogP contribution is -2.45. The van der Waals surface area contributed by atoms with E-state index in [0.29, 0.717) is 24.7 Å². The highest BCUT2D eigenvalue weighted by molar-refractivity contribution is 5.81. The van der Waals surface area contributed by atoms with E-state index in [4.69, 9.17) is 18.9 Å². The Kier molecular flexibility index (Phi) is 9.95. The van der Waals surface area contributed by atoms with Crippen LogP contribution in [0.3, 0.4) is 0 Å². The molecule has 0 bridgehead atoms. The number of benzene rings is 3. The van der Waals surface area contributed by atoms with Gasteiger partial charge in [-0.2, -0.15) is 0 Å². The molecule has 0 aliphatic rings. The summed E-state index contributed by atoms with van der Waals surface area (Å²) in [5.41, 5.74) is 2.12. The van der Waals surface area contributed by atoms with E-state index in [-0.39, 0.29) is 13.0 Å². The van der Waals surface area contributed by atoms with Gasteiger partial charge in [-0.25, -0.2) is 9.59 Å². The fourth-order valence-electron chi connectivity index (χ4n) is 3.50. The molecule has 1 amide bonds. The zero-order chi connectivity index (χ0) is 26.7. The third-order valence-electron chi connectivity index (χ3n) is 5.18. The number of amides is 1. The Hall–Kier alpha value is -4.00. The molecule has 0 fully saturated rings. The van der Waals surface area contributed by atoms with E-state index >= 15 is 0 Å². The van der Waals surface area contributed by atoms with Crippen molar-refractivity contribution in [1.82, 2.24) is 5.32 Å². The topological polar surface area (TPSA) is 83.1 Å². The summed E-state index contributed by atoms with van der Waals surface area (Å²) in [5, 5.41) is 2.64. The average Bonchev–Trinajstić information content (AvgIpc) is 2.86. The molecule has 0 aliphatic heterocycles. The van der Waals surface area contributed by atoms with Gasteiger partial charge in [-0.15, -0.1) is 0 Å². The standard InChI is InChI=1S/C30H35NO6/c1-5-34-28(32)25(31-29(33)37-30(2,3)4)18-24-16-17-26(35-20-22-12-8-6-9-13-22)27(19-24)36-21-23-14-10-7-11-15-23/h6-17,19,25H,5,18,20-21H2,1-4H3,(H,31,33). The van der Waals surface area contributed by atoms with E-state index in [0.717, 1.165) is 16.7 Å². The number of ether oxygens (including phenoxy) is 4. The Bertz CT molecular complexity index is 1140. The van der Waals surface area contributed by atoms with Gasteiger partial charge in [0.1, 0.15) is 24.9 Å². The molecule has 0 saturated carbocycles. The van der Waals surface area contributed by atoms with Crippen LogP contribution < -0.4 is 14.8 Å². The van der Waals surface area contributed by atoms with Crippen LogP contribution in [0.4, 0.5) is 4.79 Å². The molecule has 3 rings (SSSR count). The molecule has 1 N–H and O–H groups in total. The third kappa shape index (κ3) is 9.52. The van der Waals surface area contributed by atoms with Crippen LogP contribution in [-0.2, 0) is 33.9 Å². The number of esters is 1. The smallest absolute Gasteiger partial charge is 0.408 e. The molecule has 196 valence electrons. The monoisotopic (exact) mass is 505 g/mol. The Labute approximate surface area is 218 Å². The van der Waals surface area contributed by atoms with Gasteiger partial charge in [0.05, 0.1) is 6.61 Å². The van der Waals surface area contributed by atoms with Crippen LogP contribution in [0.2, 0.25) is 0 Å². The molecule has 1 atom stereocenters. The molecule has 3 aromatic rings. The van der Waals surface area contributed by atoms with E-state index in [1.54, 1.807) is 27.7 Å². The van der Waals surface area contributed by atoms with Crippen molar-refractivity contribution < 1.29 is 28.5 Å². The highest BCUT2D eigenvalue weighted by Crippen LogP contribution is 2.31.